The van der Waals surface area contributed by atoms with Crippen molar-refractivity contribution in [3.05, 3.63) is 35.9 Å². The number of hydrogen-bond acceptors (Lipinski definition) is 6. The van der Waals surface area contributed by atoms with Crippen LogP contribution in [-0.2, 0) is 0 Å². The Morgan fingerprint density at radius 3 is 1.73 bits per heavy atom. The zero-order valence-electron chi connectivity index (χ0n) is 15.8. The van der Waals surface area contributed by atoms with Gasteiger partial charge in [-0.2, -0.15) is 0 Å². The summed E-state index contributed by atoms with van der Waals surface area (Å²) in [5, 5.41) is 0. The van der Waals surface area contributed by atoms with E-state index < -0.39 is 0 Å². The summed E-state index contributed by atoms with van der Waals surface area (Å²) in [6, 6.07) is 8.47. The molecule has 0 aliphatic heterocycles. The van der Waals surface area contributed by atoms with Crippen LogP contribution in [0, 0.1) is 0 Å². The summed E-state index contributed by atoms with van der Waals surface area (Å²) < 4.78 is 26.4. The molecule has 0 unspecified atom stereocenters. The molecule has 0 aliphatic rings. The Balaban J connectivity index is 2.42. The van der Waals surface area contributed by atoms with Crippen LogP contribution in [0.2, 0.25) is 0 Å². The van der Waals surface area contributed by atoms with Gasteiger partial charge in [-0.05, 0) is 24.3 Å². The highest BCUT2D eigenvalue weighted by Gasteiger charge is 2.21. The van der Waals surface area contributed by atoms with Gasteiger partial charge in [-0.15, -0.1) is 0 Å². The summed E-state index contributed by atoms with van der Waals surface area (Å²) in [6.07, 6.45) is 0. The van der Waals surface area contributed by atoms with Crippen molar-refractivity contribution in [1.29, 1.82) is 0 Å². The third kappa shape index (κ3) is 3.61. The predicted molar refractivity (Wildman–Crippen MR) is 98.4 cm³/mol. The minimum atomic E-state index is -0.239. The molecule has 1 amide bonds. The fourth-order valence-electron chi connectivity index (χ4n) is 2.55. The van der Waals surface area contributed by atoms with E-state index in [0.717, 1.165) is 0 Å². The maximum absolute atomic E-state index is 12.9. The fourth-order valence-corrected chi connectivity index (χ4v) is 2.55. The van der Waals surface area contributed by atoms with E-state index in [9.17, 15) is 4.79 Å². The van der Waals surface area contributed by atoms with Gasteiger partial charge in [-0.25, -0.2) is 0 Å². The van der Waals surface area contributed by atoms with Crippen molar-refractivity contribution in [2.24, 2.45) is 0 Å². The molecule has 0 bridgehead atoms. The van der Waals surface area contributed by atoms with E-state index in [1.807, 2.05) is 0 Å². The van der Waals surface area contributed by atoms with Crippen LogP contribution in [-0.4, -0.2) is 48.5 Å². The van der Waals surface area contributed by atoms with Gasteiger partial charge in [0, 0.05) is 24.4 Å². The average Bonchev–Trinajstić information content (AvgIpc) is 2.70. The standard InChI is InChI=1S/C19H23NO6/c1-20(13-7-8-14(22-2)15(11-13)23-3)19(21)12-9-16(24-4)18(26-6)17(10-12)25-5/h7-11H,1-6H3. The van der Waals surface area contributed by atoms with Gasteiger partial charge in [0.25, 0.3) is 5.91 Å². The summed E-state index contributed by atoms with van der Waals surface area (Å²) >= 11 is 0. The molecule has 0 saturated heterocycles. The monoisotopic (exact) mass is 361 g/mol. The molecule has 0 aromatic heterocycles. The van der Waals surface area contributed by atoms with Crippen molar-refractivity contribution in [3.63, 3.8) is 0 Å². The summed E-state index contributed by atoms with van der Waals surface area (Å²) in [6.45, 7) is 0. The number of benzene rings is 2. The minimum Gasteiger partial charge on any atom is -0.493 e. The molecule has 7 heteroatoms. The summed E-state index contributed by atoms with van der Waals surface area (Å²) in [5.74, 6) is 2.14. The molecule has 7 nitrogen and oxygen atoms in total. The molecular weight excluding hydrogens is 338 g/mol. The van der Waals surface area contributed by atoms with E-state index in [2.05, 4.69) is 0 Å². The van der Waals surface area contributed by atoms with Crippen LogP contribution in [0.1, 0.15) is 10.4 Å². The van der Waals surface area contributed by atoms with Crippen LogP contribution >= 0.6 is 0 Å². The van der Waals surface area contributed by atoms with Crippen LogP contribution < -0.4 is 28.6 Å². The molecule has 140 valence electrons. The third-order valence-corrected chi connectivity index (χ3v) is 3.97. The fraction of sp³-hybridized carbons (Fsp3) is 0.316. The first-order valence-corrected chi connectivity index (χ1v) is 7.80. The van der Waals surface area contributed by atoms with E-state index in [1.165, 1.54) is 26.2 Å². The number of carbonyl (C=O) groups is 1. The Bertz CT molecular complexity index is 765. The molecule has 26 heavy (non-hydrogen) atoms. The summed E-state index contributed by atoms with van der Waals surface area (Å²) in [7, 11) is 9.29. The van der Waals surface area contributed by atoms with Crippen molar-refractivity contribution in [1.82, 2.24) is 0 Å². The van der Waals surface area contributed by atoms with Crippen molar-refractivity contribution < 1.29 is 28.5 Å². The quantitative estimate of drug-likeness (QED) is 0.755. The number of rotatable bonds is 7. The Kier molecular flexibility index (Phi) is 6.16. The Morgan fingerprint density at radius 1 is 0.731 bits per heavy atom. The number of anilines is 1. The molecule has 2 aromatic rings. The van der Waals surface area contributed by atoms with Gasteiger partial charge in [0.2, 0.25) is 5.75 Å². The molecule has 2 aromatic carbocycles. The van der Waals surface area contributed by atoms with Crippen LogP contribution in [0.4, 0.5) is 5.69 Å². The number of methoxy groups -OCH3 is 5. The lowest BCUT2D eigenvalue weighted by atomic mass is 10.1. The third-order valence-electron chi connectivity index (χ3n) is 3.97. The van der Waals surface area contributed by atoms with Gasteiger partial charge >= 0.3 is 0 Å². The molecule has 0 N–H and O–H groups in total. The number of amides is 1. The smallest absolute Gasteiger partial charge is 0.258 e. The van der Waals surface area contributed by atoms with E-state index in [1.54, 1.807) is 51.6 Å². The van der Waals surface area contributed by atoms with Gasteiger partial charge in [0.05, 0.1) is 35.5 Å². The SMILES string of the molecule is COc1ccc(N(C)C(=O)c2cc(OC)c(OC)c(OC)c2)cc1OC. The molecular formula is C19H23NO6. The minimum absolute atomic E-state index is 0.239. The molecule has 0 radical (unpaired) electrons. The maximum Gasteiger partial charge on any atom is 0.258 e. The number of carbonyl (C=O) groups excluding carboxylic acids is 1. The van der Waals surface area contributed by atoms with Crippen molar-refractivity contribution in [2.45, 2.75) is 0 Å². The molecule has 0 heterocycles. The Morgan fingerprint density at radius 2 is 1.27 bits per heavy atom. The molecule has 0 aliphatic carbocycles. The lowest BCUT2D eigenvalue weighted by Crippen LogP contribution is -2.26. The molecule has 0 spiro atoms. The van der Waals surface area contributed by atoms with Gasteiger partial charge in [-0.3, -0.25) is 4.79 Å². The lowest BCUT2D eigenvalue weighted by molar-refractivity contribution is 0.0992. The summed E-state index contributed by atoms with van der Waals surface area (Å²) in [5.41, 5.74) is 1.05. The van der Waals surface area contributed by atoms with Gasteiger partial charge < -0.3 is 28.6 Å². The molecule has 0 saturated carbocycles. The average molecular weight is 361 g/mol. The second-order valence-corrected chi connectivity index (χ2v) is 5.32. The Hall–Kier alpha value is -3.09. The van der Waals surface area contributed by atoms with Crippen LogP contribution in [0.3, 0.4) is 0 Å². The van der Waals surface area contributed by atoms with Crippen molar-refractivity contribution in [3.8, 4) is 28.7 Å². The van der Waals surface area contributed by atoms with Crippen LogP contribution in [0.15, 0.2) is 30.3 Å². The first-order valence-electron chi connectivity index (χ1n) is 7.80. The Labute approximate surface area is 153 Å². The normalized spacial score (nSPS) is 10.1. The van der Waals surface area contributed by atoms with Crippen molar-refractivity contribution >= 4 is 11.6 Å². The highest BCUT2D eigenvalue weighted by molar-refractivity contribution is 6.06. The zero-order chi connectivity index (χ0) is 19.3. The van der Waals surface area contributed by atoms with E-state index in [-0.39, 0.29) is 5.91 Å². The number of nitrogens with zero attached hydrogens (tertiary/aromatic N) is 1. The predicted octanol–water partition coefficient (Wildman–Crippen LogP) is 3.01. The first kappa shape index (κ1) is 19.2. The van der Waals surface area contributed by atoms with E-state index >= 15 is 0 Å². The summed E-state index contributed by atoms with van der Waals surface area (Å²) in [4.78, 5) is 14.4. The van der Waals surface area contributed by atoms with Gasteiger partial charge in [0.1, 0.15) is 0 Å². The maximum atomic E-state index is 12.9. The highest BCUT2D eigenvalue weighted by Crippen LogP contribution is 2.39. The highest BCUT2D eigenvalue weighted by atomic mass is 16.5. The van der Waals surface area contributed by atoms with Gasteiger partial charge in [0.15, 0.2) is 23.0 Å². The van der Waals surface area contributed by atoms with E-state index in [4.69, 9.17) is 23.7 Å². The zero-order valence-corrected chi connectivity index (χ0v) is 15.8. The second kappa shape index (κ2) is 8.33. The van der Waals surface area contributed by atoms with E-state index in [0.29, 0.717) is 40.0 Å². The number of ether oxygens (including phenoxy) is 5. The number of hydrogen-bond donors (Lipinski definition) is 0. The van der Waals surface area contributed by atoms with Crippen LogP contribution in [0.5, 0.6) is 28.7 Å². The molecule has 0 fully saturated rings. The molecule has 0 atom stereocenters. The molecule has 2 rings (SSSR count). The second-order valence-electron chi connectivity index (χ2n) is 5.32. The van der Waals surface area contributed by atoms with Gasteiger partial charge in [-0.1, -0.05) is 0 Å². The van der Waals surface area contributed by atoms with Crippen molar-refractivity contribution in [2.75, 3.05) is 47.5 Å². The topological polar surface area (TPSA) is 66.5 Å². The largest absolute Gasteiger partial charge is 0.493 e. The van der Waals surface area contributed by atoms with Crippen LogP contribution in [0.25, 0.3) is 0 Å². The first-order chi connectivity index (χ1) is 12.5. The lowest BCUT2D eigenvalue weighted by Gasteiger charge is -2.20.